The zero-order valence-electron chi connectivity index (χ0n) is 6.57. The van der Waals surface area contributed by atoms with Gasteiger partial charge in [0.25, 0.3) is 0 Å². The van der Waals surface area contributed by atoms with Gasteiger partial charge in [-0.15, -0.1) is 5.10 Å². The molecule has 0 saturated heterocycles. The van der Waals surface area contributed by atoms with E-state index in [9.17, 15) is 0 Å². The molecular weight excluding hydrogens is 162 g/mol. The molecule has 0 bridgehead atoms. The van der Waals surface area contributed by atoms with Crippen LogP contribution in [0.3, 0.4) is 0 Å². The summed E-state index contributed by atoms with van der Waals surface area (Å²) in [5, 5.41) is 6.86. The third-order valence-corrected chi connectivity index (χ3v) is 2.18. The Labute approximate surface area is 69.7 Å². The number of hydrogen-bond acceptors (Lipinski definition) is 5. The largest absolute Gasteiger partial charge is 0.383 e. The topological polar surface area (TPSA) is 47.0 Å². The van der Waals surface area contributed by atoms with Gasteiger partial charge in [-0.25, -0.2) is 0 Å². The molecule has 62 valence electrons. The molecule has 1 rings (SSSR count). The maximum absolute atomic E-state index is 5.01. The molecule has 0 aliphatic heterocycles. The molecule has 0 aliphatic rings. The van der Waals surface area contributed by atoms with Crippen LogP contribution in [0, 0.1) is 0 Å². The lowest BCUT2D eigenvalue weighted by Crippen LogP contribution is -2.19. The van der Waals surface area contributed by atoms with Crippen molar-refractivity contribution < 1.29 is 4.74 Å². The third kappa shape index (κ3) is 2.21. The van der Waals surface area contributed by atoms with Crippen LogP contribution in [0.4, 0.5) is 0 Å². The highest BCUT2D eigenvalue weighted by Crippen LogP contribution is 2.14. The highest BCUT2D eigenvalue weighted by Gasteiger charge is 2.10. The van der Waals surface area contributed by atoms with Gasteiger partial charge in [0.05, 0.1) is 23.7 Å². The number of methoxy groups -OCH3 is 1. The first-order valence-corrected chi connectivity index (χ1v) is 4.09. The quantitative estimate of drug-likeness (QED) is 0.718. The van der Waals surface area contributed by atoms with Crippen LogP contribution < -0.4 is 5.32 Å². The van der Waals surface area contributed by atoms with Gasteiger partial charge in [-0.05, 0) is 18.6 Å². The molecule has 1 aromatic rings. The number of aromatic nitrogens is 2. The molecule has 1 unspecified atom stereocenters. The summed E-state index contributed by atoms with van der Waals surface area (Å²) in [5.74, 6) is 0. The van der Waals surface area contributed by atoms with E-state index >= 15 is 0 Å². The van der Waals surface area contributed by atoms with Crippen molar-refractivity contribution in [2.45, 2.75) is 6.04 Å². The normalized spacial score (nSPS) is 13.3. The van der Waals surface area contributed by atoms with E-state index in [1.807, 2.05) is 7.05 Å². The monoisotopic (exact) mass is 173 g/mol. The van der Waals surface area contributed by atoms with Crippen LogP contribution in [-0.2, 0) is 4.74 Å². The predicted molar refractivity (Wildman–Crippen MR) is 43.6 cm³/mol. The first kappa shape index (κ1) is 8.58. The fourth-order valence-corrected chi connectivity index (χ4v) is 1.40. The summed E-state index contributed by atoms with van der Waals surface area (Å²) in [6, 6.07) is 0.222. The maximum Gasteiger partial charge on any atom is 0.0682 e. The molecular formula is C6H11N3OS. The molecule has 0 radical (unpaired) electrons. The number of rotatable bonds is 4. The molecule has 11 heavy (non-hydrogen) atoms. The average Bonchev–Trinajstić information content (AvgIpc) is 2.52. The Morgan fingerprint density at radius 3 is 3.09 bits per heavy atom. The van der Waals surface area contributed by atoms with Crippen molar-refractivity contribution in [3.63, 3.8) is 0 Å². The minimum atomic E-state index is 0.222. The second-order valence-electron chi connectivity index (χ2n) is 2.12. The van der Waals surface area contributed by atoms with Gasteiger partial charge in [-0.1, -0.05) is 4.49 Å². The van der Waals surface area contributed by atoms with E-state index < -0.39 is 0 Å². The average molecular weight is 173 g/mol. The van der Waals surface area contributed by atoms with Gasteiger partial charge in [0, 0.05) is 7.11 Å². The number of ether oxygens (including phenoxy) is 1. The molecule has 1 atom stereocenters. The van der Waals surface area contributed by atoms with Crippen LogP contribution in [-0.4, -0.2) is 30.4 Å². The molecule has 5 heteroatoms. The summed E-state index contributed by atoms with van der Waals surface area (Å²) in [6.07, 6.45) is 1.75. The van der Waals surface area contributed by atoms with Crippen molar-refractivity contribution in [2.75, 3.05) is 20.8 Å². The van der Waals surface area contributed by atoms with Crippen molar-refractivity contribution in [3.8, 4) is 0 Å². The zero-order valence-corrected chi connectivity index (χ0v) is 7.39. The molecule has 1 N–H and O–H groups in total. The van der Waals surface area contributed by atoms with Crippen LogP contribution in [0.1, 0.15) is 10.9 Å². The Hall–Kier alpha value is -0.520. The molecule has 4 nitrogen and oxygen atoms in total. The highest BCUT2D eigenvalue weighted by atomic mass is 32.1. The second kappa shape index (κ2) is 4.38. The minimum Gasteiger partial charge on any atom is -0.383 e. The zero-order chi connectivity index (χ0) is 8.10. The molecule has 0 amide bonds. The van der Waals surface area contributed by atoms with E-state index in [0.29, 0.717) is 6.61 Å². The summed E-state index contributed by atoms with van der Waals surface area (Å²) in [5.41, 5.74) is 0. The molecule has 0 saturated carbocycles. The molecule has 1 aromatic heterocycles. The van der Waals surface area contributed by atoms with Crippen molar-refractivity contribution in [3.05, 3.63) is 11.1 Å². The van der Waals surface area contributed by atoms with Gasteiger partial charge >= 0.3 is 0 Å². The van der Waals surface area contributed by atoms with E-state index in [1.54, 1.807) is 13.3 Å². The SMILES string of the molecule is CNC(COC)c1cnns1. The Morgan fingerprint density at radius 1 is 1.82 bits per heavy atom. The molecule has 0 spiro atoms. The van der Waals surface area contributed by atoms with Crippen molar-refractivity contribution in [1.29, 1.82) is 0 Å². The van der Waals surface area contributed by atoms with Gasteiger partial charge < -0.3 is 10.1 Å². The van der Waals surface area contributed by atoms with Crippen molar-refractivity contribution in [1.82, 2.24) is 14.9 Å². The van der Waals surface area contributed by atoms with Gasteiger partial charge in [0.15, 0.2) is 0 Å². The first-order valence-electron chi connectivity index (χ1n) is 3.32. The molecule has 0 aliphatic carbocycles. The summed E-state index contributed by atoms with van der Waals surface area (Å²) in [6.45, 7) is 0.653. The third-order valence-electron chi connectivity index (χ3n) is 1.40. The van der Waals surface area contributed by atoms with Crippen LogP contribution in [0.25, 0.3) is 0 Å². The Balaban J connectivity index is 2.56. The van der Waals surface area contributed by atoms with Gasteiger partial charge in [-0.2, -0.15) is 0 Å². The number of nitrogens with one attached hydrogen (secondary N) is 1. The summed E-state index contributed by atoms with van der Waals surface area (Å²) in [4.78, 5) is 1.11. The van der Waals surface area contributed by atoms with Crippen molar-refractivity contribution >= 4 is 11.5 Å². The highest BCUT2D eigenvalue weighted by molar-refractivity contribution is 7.05. The van der Waals surface area contributed by atoms with E-state index in [2.05, 4.69) is 14.9 Å². The van der Waals surface area contributed by atoms with E-state index in [-0.39, 0.29) is 6.04 Å². The van der Waals surface area contributed by atoms with Crippen LogP contribution in [0.2, 0.25) is 0 Å². The van der Waals surface area contributed by atoms with Gasteiger partial charge in [0.1, 0.15) is 0 Å². The number of hydrogen-bond donors (Lipinski definition) is 1. The van der Waals surface area contributed by atoms with Crippen LogP contribution >= 0.6 is 11.5 Å². The van der Waals surface area contributed by atoms with E-state index in [0.717, 1.165) is 4.88 Å². The maximum atomic E-state index is 5.01. The smallest absolute Gasteiger partial charge is 0.0682 e. The minimum absolute atomic E-state index is 0.222. The summed E-state index contributed by atoms with van der Waals surface area (Å²) >= 11 is 1.39. The Kier molecular flexibility index (Phi) is 3.41. The predicted octanol–water partition coefficient (Wildman–Crippen LogP) is 0.445. The lowest BCUT2D eigenvalue weighted by molar-refractivity contribution is 0.171. The molecule has 0 fully saturated rings. The van der Waals surface area contributed by atoms with Crippen molar-refractivity contribution in [2.24, 2.45) is 0 Å². The lowest BCUT2D eigenvalue weighted by atomic mass is 10.3. The summed E-state index contributed by atoms with van der Waals surface area (Å²) in [7, 11) is 3.57. The fraction of sp³-hybridized carbons (Fsp3) is 0.667. The van der Waals surface area contributed by atoms with E-state index in [1.165, 1.54) is 11.5 Å². The number of nitrogens with zero attached hydrogens (tertiary/aromatic N) is 2. The molecule has 1 heterocycles. The lowest BCUT2D eigenvalue weighted by Gasteiger charge is -2.10. The van der Waals surface area contributed by atoms with Gasteiger partial charge in [-0.3, -0.25) is 0 Å². The van der Waals surface area contributed by atoms with Gasteiger partial charge in [0.2, 0.25) is 0 Å². The van der Waals surface area contributed by atoms with E-state index in [4.69, 9.17) is 4.74 Å². The Morgan fingerprint density at radius 2 is 2.64 bits per heavy atom. The summed E-state index contributed by atoms with van der Waals surface area (Å²) < 4.78 is 8.78. The van der Waals surface area contributed by atoms with Crippen LogP contribution in [0.15, 0.2) is 6.20 Å². The number of likely N-dealkylation sites (N-methyl/N-ethyl adjacent to an activating group) is 1. The molecule has 0 aromatic carbocycles. The Bertz CT molecular complexity index is 190. The first-order chi connectivity index (χ1) is 5.38. The fourth-order valence-electron chi connectivity index (χ4n) is 0.803. The van der Waals surface area contributed by atoms with Crippen LogP contribution in [0.5, 0.6) is 0 Å². The second-order valence-corrected chi connectivity index (χ2v) is 2.93. The standard InChI is InChI=1S/C6H11N3OS/c1-7-5(4-10-2)6-3-8-9-11-6/h3,5,7H,4H2,1-2H3.